The fourth-order valence-corrected chi connectivity index (χ4v) is 4.81. The molecular formula is C22H17F2N3O4S2. The summed E-state index contributed by atoms with van der Waals surface area (Å²) in [7, 11) is 0. The van der Waals surface area contributed by atoms with Crippen LogP contribution in [0.5, 0.6) is 5.75 Å². The lowest BCUT2D eigenvalue weighted by molar-refractivity contribution is -0.0498. The Labute approximate surface area is 195 Å². The van der Waals surface area contributed by atoms with Crippen LogP contribution in [0.15, 0.2) is 53.1 Å². The molecule has 0 aliphatic heterocycles. The van der Waals surface area contributed by atoms with Crippen LogP contribution in [0, 0.1) is 13.8 Å². The number of amides is 2. The zero-order valence-electron chi connectivity index (χ0n) is 17.3. The van der Waals surface area contributed by atoms with Crippen LogP contribution in [0.4, 0.5) is 18.9 Å². The van der Waals surface area contributed by atoms with Gasteiger partial charge in [0.2, 0.25) is 0 Å². The van der Waals surface area contributed by atoms with Crippen molar-refractivity contribution >= 4 is 44.6 Å². The molecule has 0 aliphatic carbocycles. The van der Waals surface area contributed by atoms with Crippen LogP contribution in [-0.2, 0) is 0 Å². The summed E-state index contributed by atoms with van der Waals surface area (Å²) in [4.78, 5) is 30.7. The highest BCUT2D eigenvalue weighted by atomic mass is 32.1. The maximum absolute atomic E-state index is 12.8. The molecule has 170 valence electrons. The van der Waals surface area contributed by atoms with E-state index in [9.17, 15) is 18.4 Å². The number of hydrogen-bond acceptors (Lipinski definition) is 7. The molecule has 0 spiro atoms. The van der Waals surface area contributed by atoms with Gasteiger partial charge in [-0.25, -0.2) is 4.98 Å². The third kappa shape index (κ3) is 5.26. The van der Waals surface area contributed by atoms with Gasteiger partial charge >= 0.3 is 6.61 Å². The van der Waals surface area contributed by atoms with Gasteiger partial charge in [0, 0.05) is 10.4 Å². The highest BCUT2D eigenvalue weighted by Crippen LogP contribution is 2.33. The number of thiophene rings is 1. The second-order valence-corrected chi connectivity index (χ2v) is 9.09. The highest BCUT2D eigenvalue weighted by molar-refractivity contribution is 7.19. The number of anilines is 2. The van der Waals surface area contributed by atoms with Crippen LogP contribution in [0.2, 0.25) is 0 Å². The molecule has 0 saturated heterocycles. The Balaban J connectivity index is 1.46. The van der Waals surface area contributed by atoms with E-state index in [1.54, 1.807) is 37.3 Å². The van der Waals surface area contributed by atoms with Gasteiger partial charge in [0.15, 0.2) is 10.9 Å². The van der Waals surface area contributed by atoms with Gasteiger partial charge in [-0.1, -0.05) is 0 Å². The number of carbonyl (C=O) groups excluding carboxylic acids is 2. The molecule has 0 radical (unpaired) electrons. The molecular weight excluding hydrogens is 472 g/mol. The van der Waals surface area contributed by atoms with E-state index in [-0.39, 0.29) is 17.4 Å². The molecule has 3 heterocycles. The molecule has 1 aromatic carbocycles. The Morgan fingerprint density at radius 2 is 1.82 bits per heavy atom. The second kappa shape index (κ2) is 9.51. The van der Waals surface area contributed by atoms with Crippen molar-refractivity contribution < 1.29 is 27.5 Å². The van der Waals surface area contributed by atoms with Crippen LogP contribution in [0.25, 0.3) is 11.3 Å². The molecule has 2 N–H and O–H groups in total. The smallest absolute Gasteiger partial charge is 0.387 e. The number of furan rings is 1. The van der Waals surface area contributed by atoms with Crippen LogP contribution in [0.3, 0.4) is 0 Å². The molecule has 4 aromatic rings. The minimum Gasteiger partial charge on any atom is -0.459 e. The fourth-order valence-electron chi connectivity index (χ4n) is 3.02. The Morgan fingerprint density at radius 1 is 1.06 bits per heavy atom. The predicted molar refractivity (Wildman–Crippen MR) is 123 cm³/mol. The lowest BCUT2D eigenvalue weighted by atomic mass is 10.1. The van der Waals surface area contributed by atoms with E-state index < -0.39 is 12.5 Å². The van der Waals surface area contributed by atoms with E-state index >= 15 is 0 Å². The Bertz CT molecular complexity index is 1280. The van der Waals surface area contributed by atoms with Gasteiger partial charge in [0.05, 0.1) is 21.8 Å². The number of thiazole rings is 1. The molecule has 0 atom stereocenters. The SMILES string of the molecule is Cc1cc(NC(=O)c2ccco2)sc1C(=O)Nc1nc(-c2ccc(OC(F)F)cc2)c(C)s1. The average molecular weight is 490 g/mol. The molecule has 3 aromatic heterocycles. The number of alkyl halides is 2. The number of hydrogen-bond donors (Lipinski definition) is 2. The largest absolute Gasteiger partial charge is 0.459 e. The maximum Gasteiger partial charge on any atom is 0.387 e. The summed E-state index contributed by atoms with van der Waals surface area (Å²) in [6.07, 6.45) is 1.41. The number of nitrogens with one attached hydrogen (secondary N) is 2. The zero-order chi connectivity index (χ0) is 23.5. The summed E-state index contributed by atoms with van der Waals surface area (Å²) in [5.74, 6) is -0.528. The van der Waals surface area contributed by atoms with Crippen molar-refractivity contribution in [2.45, 2.75) is 20.5 Å². The minimum absolute atomic E-state index is 0.0540. The Morgan fingerprint density at radius 3 is 2.48 bits per heavy atom. The summed E-state index contributed by atoms with van der Waals surface area (Å²) in [5, 5.41) is 6.41. The first kappa shape index (κ1) is 22.6. The lowest BCUT2D eigenvalue weighted by Crippen LogP contribution is -2.11. The van der Waals surface area contributed by atoms with E-state index in [0.29, 0.717) is 31.8 Å². The lowest BCUT2D eigenvalue weighted by Gasteiger charge is -2.05. The standard InChI is InChI=1S/C22H17F2N3O4S2/c1-11-10-16(25-19(28)15-4-3-9-30-15)33-18(11)20(29)27-22-26-17(12(2)32-22)13-5-7-14(8-6-13)31-21(23)24/h3-10,21H,1-2H3,(H,25,28)(H,26,27,29). The number of benzene rings is 1. The molecule has 0 saturated carbocycles. The summed E-state index contributed by atoms with van der Waals surface area (Å²) < 4.78 is 34.1. The number of carbonyl (C=O) groups is 2. The van der Waals surface area contributed by atoms with Crippen LogP contribution in [-0.4, -0.2) is 23.4 Å². The van der Waals surface area contributed by atoms with Gasteiger partial charge < -0.3 is 14.5 Å². The molecule has 0 fully saturated rings. The molecule has 7 nitrogen and oxygen atoms in total. The van der Waals surface area contributed by atoms with E-state index in [1.807, 2.05) is 6.92 Å². The molecule has 33 heavy (non-hydrogen) atoms. The molecule has 4 rings (SSSR count). The topological polar surface area (TPSA) is 93.5 Å². The van der Waals surface area contributed by atoms with Gasteiger partial charge in [0.1, 0.15) is 5.75 Å². The zero-order valence-corrected chi connectivity index (χ0v) is 19.0. The fraction of sp³-hybridized carbons (Fsp3) is 0.136. The highest BCUT2D eigenvalue weighted by Gasteiger charge is 2.19. The maximum atomic E-state index is 12.8. The number of ether oxygens (including phenoxy) is 1. The van der Waals surface area contributed by atoms with Gasteiger partial charge in [-0.15, -0.1) is 22.7 Å². The third-order valence-corrected chi connectivity index (χ3v) is 6.51. The number of nitrogens with zero attached hydrogens (tertiary/aromatic N) is 1. The Hall–Kier alpha value is -3.57. The summed E-state index contributed by atoms with van der Waals surface area (Å²) >= 11 is 2.44. The number of aromatic nitrogens is 1. The Kier molecular flexibility index (Phi) is 6.52. The molecule has 0 unspecified atom stereocenters. The van der Waals surface area contributed by atoms with Crippen molar-refractivity contribution in [1.29, 1.82) is 0 Å². The van der Waals surface area contributed by atoms with Crippen molar-refractivity contribution in [1.82, 2.24) is 4.98 Å². The third-order valence-electron chi connectivity index (χ3n) is 4.48. The van der Waals surface area contributed by atoms with E-state index in [0.717, 1.165) is 16.2 Å². The van der Waals surface area contributed by atoms with Crippen LogP contribution in [0.1, 0.15) is 30.7 Å². The van der Waals surface area contributed by atoms with Crippen LogP contribution >= 0.6 is 22.7 Å². The number of rotatable bonds is 7. The van der Waals surface area contributed by atoms with Crippen molar-refractivity contribution in [3.63, 3.8) is 0 Å². The molecule has 0 bridgehead atoms. The average Bonchev–Trinajstić information content (AvgIpc) is 3.49. The normalized spacial score (nSPS) is 10.9. The monoisotopic (exact) mass is 489 g/mol. The summed E-state index contributed by atoms with van der Waals surface area (Å²) in [6, 6.07) is 11.0. The quantitative estimate of drug-likeness (QED) is 0.323. The second-order valence-electron chi connectivity index (χ2n) is 6.84. The molecule has 11 heteroatoms. The summed E-state index contributed by atoms with van der Waals surface area (Å²) in [5.41, 5.74) is 2.05. The summed E-state index contributed by atoms with van der Waals surface area (Å²) in [6.45, 7) is 0.735. The van der Waals surface area contributed by atoms with Gasteiger partial charge in [-0.2, -0.15) is 8.78 Å². The first-order valence-electron chi connectivity index (χ1n) is 9.59. The number of halogens is 2. The van der Waals surface area contributed by atoms with E-state index in [2.05, 4.69) is 20.4 Å². The van der Waals surface area contributed by atoms with Gasteiger partial charge in [-0.3, -0.25) is 14.9 Å². The van der Waals surface area contributed by atoms with Crippen molar-refractivity contribution in [3.05, 3.63) is 69.8 Å². The minimum atomic E-state index is -2.89. The van der Waals surface area contributed by atoms with E-state index in [1.165, 1.54) is 29.7 Å². The van der Waals surface area contributed by atoms with E-state index in [4.69, 9.17) is 4.42 Å². The van der Waals surface area contributed by atoms with Gasteiger partial charge in [-0.05, 0) is 61.9 Å². The van der Waals surface area contributed by atoms with Crippen molar-refractivity contribution in [3.8, 4) is 17.0 Å². The first-order chi connectivity index (χ1) is 15.8. The van der Waals surface area contributed by atoms with Crippen molar-refractivity contribution in [2.75, 3.05) is 10.6 Å². The van der Waals surface area contributed by atoms with Crippen LogP contribution < -0.4 is 15.4 Å². The predicted octanol–water partition coefficient (Wildman–Crippen LogP) is 6.19. The molecule has 2 amide bonds. The van der Waals surface area contributed by atoms with Crippen molar-refractivity contribution in [2.24, 2.45) is 0 Å². The molecule has 0 aliphatic rings. The number of aryl methyl sites for hydroxylation is 2. The van der Waals surface area contributed by atoms with Gasteiger partial charge in [0.25, 0.3) is 11.8 Å². The first-order valence-corrected chi connectivity index (χ1v) is 11.2.